The maximum atomic E-state index is 13.0. The van der Waals surface area contributed by atoms with Crippen LogP contribution in [0.5, 0.6) is 0 Å². The molecule has 1 aromatic rings. The predicted molar refractivity (Wildman–Crippen MR) is 76.8 cm³/mol. The lowest BCUT2D eigenvalue weighted by molar-refractivity contribution is -0.174. The normalized spacial score (nSPS) is 20.4. The highest BCUT2D eigenvalue weighted by Crippen LogP contribution is 2.50. The number of alkyl halides is 6. The molecular weight excluding hydrogens is 352 g/mol. The molecule has 140 valence electrons. The summed E-state index contributed by atoms with van der Waals surface area (Å²) < 4.78 is 78.9. The van der Waals surface area contributed by atoms with Gasteiger partial charge in [-0.1, -0.05) is 18.2 Å². The number of carbonyl (C=O) groups is 1. The highest BCUT2D eigenvalue weighted by Gasteiger charge is 2.47. The summed E-state index contributed by atoms with van der Waals surface area (Å²) in [5.41, 5.74) is -0.639. The second kappa shape index (κ2) is 7.63. The first kappa shape index (κ1) is 19.6. The molecule has 2 atom stereocenters. The van der Waals surface area contributed by atoms with Gasteiger partial charge >= 0.3 is 12.4 Å². The Kier molecular flexibility index (Phi) is 5.97. The van der Waals surface area contributed by atoms with Crippen LogP contribution in [0, 0.1) is 5.92 Å². The molecule has 1 aromatic carbocycles. The largest absolute Gasteiger partial charge is 0.416 e. The molecule has 1 aliphatic rings. The van der Waals surface area contributed by atoms with Crippen LogP contribution in [-0.2, 0) is 15.7 Å². The molecule has 0 saturated heterocycles. The van der Waals surface area contributed by atoms with Gasteiger partial charge in [0.2, 0.25) is 5.91 Å². The summed E-state index contributed by atoms with van der Waals surface area (Å²) in [4.78, 5) is 11.9. The molecule has 2 rings (SSSR count). The van der Waals surface area contributed by atoms with E-state index in [9.17, 15) is 31.1 Å². The lowest BCUT2D eigenvalue weighted by atomic mass is 10.0. The minimum absolute atomic E-state index is 0.101. The summed E-state index contributed by atoms with van der Waals surface area (Å²) in [6.07, 6.45) is -8.35. The van der Waals surface area contributed by atoms with E-state index in [2.05, 4.69) is 10.1 Å². The first-order chi connectivity index (χ1) is 11.6. The van der Waals surface area contributed by atoms with Gasteiger partial charge in [-0.25, -0.2) is 0 Å². The molecule has 2 unspecified atom stereocenters. The molecule has 0 spiro atoms. The van der Waals surface area contributed by atoms with Gasteiger partial charge in [0, 0.05) is 19.1 Å². The number of hydrogen-bond donors (Lipinski definition) is 1. The SMILES string of the molecule is O=C(NCCCOCC(F)(F)F)C1CC1c1ccccc1C(F)(F)F. The van der Waals surface area contributed by atoms with Crippen LogP contribution in [0.4, 0.5) is 26.3 Å². The number of ether oxygens (including phenoxy) is 1. The molecule has 1 amide bonds. The average molecular weight is 369 g/mol. The molecule has 0 aliphatic heterocycles. The van der Waals surface area contributed by atoms with E-state index in [-0.39, 0.29) is 25.1 Å². The van der Waals surface area contributed by atoms with Crippen LogP contribution >= 0.6 is 0 Å². The van der Waals surface area contributed by atoms with E-state index in [1.165, 1.54) is 18.2 Å². The third kappa shape index (κ3) is 5.91. The number of hydrogen-bond acceptors (Lipinski definition) is 2. The van der Waals surface area contributed by atoms with E-state index in [4.69, 9.17) is 0 Å². The van der Waals surface area contributed by atoms with E-state index in [1.807, 2.05) is 0 Å². The highest BCUT2D eigenvalue weighted by atomic mass is 19.4. The zero-order valence-corrected chi connectivity index (χ0v) is 13.1. The Hall–Kier alpha value is -1.77. The Labute approximate surface area is 140 Å². The van der Waals surface area contributed by atoms with Crippen molar-refractivity contribution in [1.82, 2.24) is 5.32 Å². The van der Waals surface area contributed by atoms with Gasteiger partial charge in [0.05, 0.1) is 5.56 Å². The van der Waals surface area contributed by atoms with Crippen LogP contribution in [0.25, 0.3) is 0 Å². The Bertz CT molecular complexity index is 599. The van der Waals surface area contributed by atoms with Crippen molar-refractivity contribution in [3.63, 3.8) is 0 Å². The molecule has 0 heterocycles. The van der Waals surface area contributed by atoms with E-state index < -0.39 is 42.3 Å². The van der Waals surface area contributed by atoms with Gasteiger partial charge in [0.25, 0.3) is 0 Å². The Morgan fingerprint density at radius 3 is 2.48 bits per heavy atom. The van der Waals surface area contributed by atoms with Crippen molar-refractivity contribution in [3.8, 4) is 0 Å². The summed E-state index contributed by atoms with van der Waals surface area (Å²) >= 11 is 0. The monoisotopic (exact) mass is 369 g/mol. The third-order valence-electron chi connectivity index (χ3n) is 3.82. The van der Waals surface area contributed by atoms with Gasteiger partial charge in [-0.2, -0.15) is 26.3 Å². The van der Waals surface area contributed by atoms with Gasteiger partial charge < -0.3 is 10.1 Å². The second-order valence-electron chi connectivity index (χ2n) is 5.85. The smallest absolute Gasteiger partial charge is 0.372 e. The highest BCUT2D eigenvalue weighted by molar-refractivity contribution is 5.83. The summed E-state index contributed by atoms with van der Waals surface area (Å²) in [5.74, 6) is -1.42. The number of benzene rings is 1. The van der Waals surface area contributed by atoms with Crippen LogP contribution in [0.15, 0.2) is 24.3 Å². The van der Waals surface area contributed by atoms with Gasteiger partial charge in [0.1, 0.15) is 6.61 Å². The molecule has 0 bridgehead atoms. The summed E-state index contributed by atoms with van der Waals surface area (Å²) in [5, 5.41) is 2.52. The number of rotatable bonds is 7. The summed E-state index contributed by atoms with van der Waals surface area (Å²) in [6, 6.07) is 5.15. The zero-order valence-electron chi connectivity index (χ0n) is 13.1. The Morgan fingerprint density at radius 2 is 1.84 bits per heavy atom. The van der Waals surface area contributed by atoms with Gasteiger partial charge in [0.15, 0.2) is 0 Å². The van der Waals surface area contributed by atoms with Gasteiger partial charge in [-0.15, -0.1) is 0 Å². The zero-order chi connectivity index (χ0) is 18.7. The lowest BCUT2D eigenvalue weighted by Crippen LogP contribution is -2.27. The molecule has 0 radical (unpaired) electrons. The maximum Gasteiger partial charge on any atom is 0.416 e. The van der Waals surface area contributed by atoms with Crippen molar-refractivity contribution < 1.29 is 35.9 Å². The molecular formula is C16H17F6NO2. The summed E-state index contributed by atoms with van der Waals surface area (Å²) in [6.45, 7) is -1.40. The topological polar surface area (TPSA) is 38.3 Å². The van der Waals surface area contributed by atoms with Crippen molar-refractivity contribution in [1.29, 1.82) is 0 Å². The minimum Gasteiger partial charge on any atom is -0.372 e. The van der Waals surface area contributed by atoms with E-state index in [0.717, 1.165) is 6.07 Å². The molecule has 0 aromatic heterocycles. The molecule has 9 heteroatoms. The molecule has 1 aliphatic carbocycles. The number of halogens is 6. The van der Waals surface area contributed by atoms with Crippen molar-refractivity contribution >= 4 is 5.91 Å². The third-order valence-corrected chi connectivity index (χ3v) is 3.82. The molecule has 25 heavy (non-hydrogen) atoms. The first-order valence-corrected chi connectivity index (χ1v) is 7.68. The number of nitrogens with one attached hydrogen (secondary N) is 1. The van der Waals surface area contributed by atoms with E-state index in [0.29, 0.717) is 6.42 Å². The first-order valence-electron chi connectivity index (χ1n) is 7.68. The van der Waals surface area contributed by atoms with E-state index in [1.54, 1.807) is 0 Å². The van der Waals surface area contributed by atoms with Crippen molar-refractivity contribution in [2.45, 2.75) is 31.1 Å². The molecule has 1 N–H and O–H groups in total. The standard InChI is InChI=1S/C16H17F6NO2/c17-15(18,19)9-25-7-3-6-23-14(24)12-8-11(12)10-4-1-2-5-13(10)16(20,21)22/h1-2,4-5,11-12H,3,6-9H2,(H,23,24). The summed E-state index contributed by atoms with van der Waals surface area (Å²) in [7, 11) is 0. The Balaban J connectivity index is 1.76. The number of amides is 1. The maximum absolute atomic E-state index is 13.0. The van der Waals surface area contributed by atoms with Crippen molar-refractivity contribution in [2.24, 2.45) is 5.92 Å². The van der Waals surface area contributed by atoms with Crippen LogP contribution in [0.1, 0.15) is 29.9 Å². The van der Waals surface area contributed by atoms with Crippen LogP contribution < -0.4 is 5.32 Å². The fourth-order valence-electron chi connectivity index (χ4n) is 2.61. The second-order valence-corrected chi connectivity index (χ2v) is 5.85. The average Bonchev–Trinajstić information content (AvgIpc) is 3.29. The minimum atomic E-state index is -4.48. The van der Waals surface area contributed by atoms with Crippen LogP contribution in [0.2, 0.25) is 0 Å². The van der Waals surface area contributed by atoms with E-state index >= 15 is 0 Å². The van der Waals surface area contributed by atoms with Crippen molar-refractivity contribution in [2.75, 3.05) is 19.8 Å². The van der Waals surface area contributed by atoms with Gasteiger partial charge in [-0.05, 0) is 30.4 Å². The van der Waals surface area contributed by atoms with Crippen LogP contribution in [-0.4, -0.2) is 31.8 Å². The van der Waals surface area contributed by atoms with Crippen molar-refractivity contribution in [3.05, 3.63) is 35.4 Å². The van der Waals surface area contributed by atoms with Crippen LogP contribution in [0.3, 0.4) is 0 Å². The molecule has 1 fully saturated rings. The number of carbonyl (C=O) groups excluding carboxylic acids is 1. The fraction of sp³-hybridized carbons (Fsp3) is 0.562. The van der Waals surface area contributed by atoms with Gasteiger partial charge in [-0.3, -0.25) is 4.79 Å². The lowest BCUT2D eigenvalue weighted by Gasteiger charge is -2.12. The Morgan fingerprint density at radius 1 is 1.16 bits per heavy atom. The fourth-order valence-corrected chi connectivity index (χ4v) is 2.61. The predicted octanol–water partition coefficient (Wildman–Crippen LogP) is 3.89. The molecule has 1 saturated carbocycles. The quantitative estimate of drug-likeness (QED) is 0.585. The molecule has 3 nitrogen and oxygen atoms in total.